The molecule has 1 aliphatic carbocycles. The minimum absolute atomic E-state index is 0.0888. The van der Waals surface area contributed by atoms with E-state index in [-0.39, 0.29) is 6.10 Å². The van der Waals surface area contributed by atoms with Crippen LogP contribution in [0.3, 0.4) is 0 Å². The van der Waals surface area contributed by atoms with E-state index in [1.165, 1.54) is 17.7 Å². The van der Waals surface area contributed by atoms with Gasteiger partial charge in [0, 0.05) is 11.9 Å². The average molecular weight is 263 g/mol. The molecule has 0 radical (unpaired) electrons. The van der Waals surface area contributed by atoms with Gasteiger partial charge in [0.2, 0.25) is 0 Å². The van der Waals surface area contributed by atoms with E-state index in [2.05, 4.69) is 10.3 Å². The van der Waals surface area contributed by atoms with Crippen molar-refractivity contribution in [1.82, 2.24) is 15.3 Å². The lowest BCUT2D eigenvalue weighted by Crippen LogP contribution is -2.27. The Bertz CT molecular complexity index is 433. The van der Waals surface area contributed by atoms with Crippen molar-refractivity contribution in [3.05, 3.63) is 23.3 Å². The van der Waals surface area contributed by atoms with Crippen LogP contribution in [0.2, 0.25) is 0 Å². The Morgan fingerprint density at radius 1 is 1.42 bits per heavy atom. The molecule has 19 heavy (non-hydrogen) atoms. The van der Waals surface area contributed by atoms with Crippen LogP contribution < -0.4 is 5.32 Å². The molecular weight excluding hydrogens is 242 g/mol. The van der Waals surface area contributed by atoms with Crippen molar-refractivity contribution in [2.45, 2.75) is 25.4 Å². The summed E-state index contributed by atoms with van der Waals surface area (Å²) in [4.78, 5) is 9.17. The first-order chi connectivity index (χ1) is 9.36. The van der Waals surface area contributed by atoms with Crippen LogP contribution >= 0.6 is 0 Å². The Balaban J connectivity index is 1.73. The minimum Gasteiger partial charge on any atom is -0.376 e. The number of ether oxygens (including phenoxy) is 2. The quantitative estimate of drug-likeness (QED) is 0.877. The summed E-state index contributed by atoms with van der Waals surface area (Å²) in [6, 6.07) is 0. The Labute approximate surface area is 113 Å². The first-order valence-electron chi connectivity index (χ1n) is 7.05. The molecule has 1 fully saturated rings. The zero-order chi connectivity index (χ0) is 13.1. The standard InChI is InChI=1S/C14H21N3O2/c1-15-7-10-2-3-12-11(6-10)8-16-14(17-12)13-9-18-4-5-19-13/h8,10,13,15H,2-7,9H2,1H3. The molecule has 1 aromatic heterocycles. The highest BCUT2D eigenvalue weighted by Crippen LogP contribution is 2.25. The third-order valence-electron chi connectivity index (χ3n) is 3.87. The molecule has 1 saturated heterocycles. The summed E-state index contributed by atoms with van der Waals surface area (Å²) in [5.74, 6) is 1.49. The zero-order valence-corrected chi connectivity index (χ0v) is 11.4. The lowest BCUT2D eigenvalue weighted by atomic mass is 9.87. The fraction of sp³-hybridized carbons (Fsp3) is 0.714. The fourth-order valence-electron chi connectivity index (χ4n) is 2.85. The van der Waals surface area contributed by atoms with Crippen LogP contribution in [0, 0.1) is 5.92 Å². The molecule has 2 unspecified atom stereocenters. The van der Waals surface area contributed by atoms with Gasteiger partial charge in [0.25, 0.3) is 0 Å². The SMILES string of the molecule is CNCC1CCc2nc(C3COCCO3)ncc2C1. The third kappa shape index (κ3) is 2.94. The molecule has 1 aliphatic heterocycles. The van der Waals surface area contributed by atoms with Gasteiger partial charge in [-0.1, -0.05) is 0 Å². The Morgan fingerprint density at radius 3 is 3.16 bits per heavy atom. The number of nitrogens with one attached hydrogen (secondary N) is 1. The van der Waals surface area contributed by atoms with Crippen LogP contribution in [0.25, 0.3) is 0 Å². The predicted molar refractivity (Wildman–Crippen MR) is 71.0 cm³/mol. The fourth-order valence-corrected chi connectivity index (χ4v) is 2.85. The monoisotopic (exact) mass is 263 g/mol. The van der Waals surface area contributed by atoms with Gasteiger partial charge in [0.1, 0.15) is 6.10 Å². The molecule has 5 heteroatoms. The molecule has 0 saturated carbocycles. The smallest absolute Gasteiger partial charge is 0.159 e. The van der Waals surface area contributed by atoms with Crippen LogP contribution in [-0.2, 0) is 22.3 Å². The van der Waals surface area contributed by atoms with E-state index >= 15 is 0 Å². The van der Waals surface area contributed by atoms with Crippen LogP contribution in [0.1, 0.15) is 29.6 Å². The van der Waals surface area contributed by atoms with Gasteiger partial charge in [-0.15, -0.1) is 0 Å². The first kappa shape index (κ1) is 13.0. The van der Waals surface area contributed by atoms with Crippen LogP contribution in [0.5, 0.6) is 0 Å². The van der Waals surface area contributed by atoms with E-state index in [4.69, 9.17) is 14.5 Å². The lowest BCUT2D eigenvalue weighted by molar-refractivity contribution is -0.0936. The maximum Gasteiger partial charge on any atom is 0.159 e. The van der Waals surface area contributed by atoms with E-state index in [1.54, 1.807) is 0 Å². The van der Waals surface area contributed by atoms with E-state index in [0.717, 1.165) is 25.2 Å². The number of hydrogen-bond acceptors (Lipinski definition) is 5. The van der Waals surface area contributed by atoms with Crippen molar-refractivity contribution >= 4 is 0 Å². The molecule has 0 bridgehead atoms. The van der Waals surface area contributed by atoms with E-state index in [9.17, 15) is 0 Å². The molecule has 104 valence electrons. The maximum absolute atomic E-state index is 5.65. The lowest BCUT2D eigenvalue weighted by Gasteiger charge is -2.26. The normalized spacial score (nSPS) is 27.0. The number of nitrogens with zero attached hydrogens (tertiary/aromatic N) is 2. The molecule has 1 aromatic rings. The van der Waals surface area contributed by atoms with Gasteiger partial charge >= 0.3 is 0 Å². The van der Waals surface area contributed by atoms with Crippen molar-refractivity contribution in [1.29, 1.82) is 0 Å². The maximum atomic E-state index is 5.65. The second-order valence-electron chi connectivity index (χ2n) is 5.30. The van der Waals surface area contributed by atoms with Crippen molar-refractivity contribution in [3.63, 3.8) is 0 Å². The second-order valence-corrected chi connectivity index (χ2v) is 5.30. The first-order valence-corrected chi connectivity index (χ1v) is 7.05. The van der Waals surface area contributed by atoms with Crippen molar-refractivity contribution in [3.8, 4) is 0 Å². The highest BCUT2D eigenvalue weighted by Gasteiger charge is 2.24. The highest BCUT2D eigenvalue weighted by molar-refractivity contribution is 5.22. The van der Waals surface area contributed by atoms with Gasteiger partial charge in [0.05, 0.1) is 19.8 Å². The molecule has 0 spiro atoms. The van der Waals surface area contributed by atoms with Crippen molar-refractivity contribution in [2.75, 3.05) is 33.4 Å². The van der Waals surface area contributed by atoms with Crippen LogP contribution in [0.4, 0.5) is 0 Å². The van der Waals surface area contributed by atoms with Gasteiger partial charge in [-0.25, -0.2) is 9.97 Å². The van der Waals surface area contributed by atoms with E-state index in [1.807, 2.05) is 13.2 Å². The van der Waals surface area contributed by atoms with Crippen molar-refractivity contribution in [2.24, 2.45) is 5.92 Å². The summed E-state index contributed by atoms with van der Waals surface area (Å²) in [5, 5.41) is 3.25. The molecule has 1 N–H and O–H groups in total. The summed E-state index contributed by atoms with van der Waals surface area (Å²) in [6.07, 6.45) is 5.22. The molecular formula is C14H21N3O2. The largest absolute Gasteiger partial charge is 0.376 e. The van der Waals surface area contributed by atoms with E-state index in [0.29, 0.717) is 25.7 Å². The van der Waals surface area contributed by atoms with Crippen LogP contribution in [-0.4, -0.2) is 43.4 Å². The molecule has 0 amide bonds. The molecule has 3 rings (SSSR count). The van der Waals surface area contributed by atoms with Crippen LogP contribution in [0.15, 0.2) is 6.20 Å². The Hall–Kier alpha value is -1.04. The number of hydrogen-bond donors (Lipinski definition) is 1. The second kappa shape index (κ2) is 5.94. The number of aryl methyl sites for hydroxylation is 1. The van der Waals surface area contributed by atoms with Crippen molar-refractivity contribution < 1.29 is 9.47 Å². The molecule has 2 heterocycles. The average Bonchev–Trinajstić information content (AvgIpc) is 2.48. The summed E-state index contributed by atoms with van der Waals surface area (Å²) in [5.41, 5.74) is 2.50. The molecule has 5 nitrogen and oxygen atoms in total. The molecule has 2 atom stereocenters. The summed E-state index contributed by atoms with van der Waals surface area (Å²) >= 11 is 0. The number of fused-ring (bicyclic) bond motifs is 1. The third-order valence-corrected chi connectivity index (χ3v) is 3.87. The van der Waals surface area contributed by atoms with Gasteiger partial charge in [0.15, 0.2) is 5.82 Å². The Kier molecular flexibility index (Phi) is 4.06. The van der Waals surface area contributed by atoms with Gasteiger partial charge in [-0.3, -0.25) is 0 Å². The van der Waals surface area contributed by atoms with Gasteiger partial charge < -0.3 is 14.8 Å². The zero-order valence-electron chi connectivity index (χ0n) is 11.4. The highest BCUT2D eigenvalue weighted by atomic mass is 16.6. The predicted octanol–water partition coefficient (Wildman–Crippen LogP) is 0.889. The number of rotatable bonds is 3. The number of aromatic nitrogens is 2. The summed E-state index contributed by atoms with van der Waals surface area (Å²) < 4.78 is 11.1. The van der Waals surface area contributed by atoms with Gasteiger partial charge in [-0.2, -0.15) is 0 Å². The van der Waals surface area contributed by atoms with Gasteiger partial charge in [-0.05, 0) is 44.3 Å². The summed E-state index contributed by atoms with van der Waals surface area (Å²) in [6.45, 7) is 2.95. The summed E-state index contributed by atoms with van der Waals surface area (Å²) in [7, 11) is 2.01. The molecule has 2 aliphatic rings. The Morgan fingerprint density at radius 2 is 2.37 bits per heavy atom. The molecule has 0 aromatic carbocycles. The topological polar surface area (TPSA) is 56.3 Å². The van der Waals surface area contributed by atoms with E-state index < -0.39 is 0 Å². The minimum atomic E-state index is -0.0888.